The van der Waals surface area contributed by atoms with Crippen molar-refractivity contribution < 1.29 is 23.8 Å². The Balaban J connectivity index is 1.72. The number of ether oxygens (including phenoxy) is 2. The third-order valence-electron chi connectivity index (χ3n) is 7.98. The molecule has 0 aromatic rings. The quantitative estimate of drug-likeness (QED) is 0.409. The Morgan fingerprint density at radius 1 is 1.27 bits per heavy atom. The molecule has 1 N–H and O–H groups in total. The van der Waals surface area contributed by atoms with Crippen LogP contribution in [0, 0.1) is 23.7 Å². The van der Waals surface area contributed by atoms with Gasteiger partial charge in [-0.3, -0.25) is 0 Å². The fraction of sp³-hybridized carbons (Fsp3) is 0.947. The molecule has 3 saturated carbocycles. The maximum atomic E-state index is 12.6. The zero-order chi connectivity index (χ0) is 19.2. The molecule has 1 saturated heterocycles. The van der Waals surface area contributed by atoms with E-state index in [4.69, 9.17) is 13.9 Å². The minimum atomic E-state index is -2.04. The molecule has 3 aliphatic carbocycles. The highest BCUT2D eigenvalue weighted by Gasteiger charge is 2.74. The lowest BCUT2D eigenvalue weighted by atomic mass is 9.64. The van der Waals surface area contributed by atoms with E-state index in [9.17, 15) is 9.90 Å². The molecule has 148 valence electrons. The molecule has 4 aliphatic rings. The maximum Gasteiger partial charge on any atom is 0.340 e. The number of carbonyl (C=O) groups is 1. The van der Waals surface area contributed by atoms with E-state index in [1.165, 1.54) is 7.11 Å². The SMILES string of the molecule is COC(=O)[C@]1(O)C[C@H](O[Si](C)(C)C(C)(C)C)C2C3[C@H]1O[C@@H]1[C@H](Br)[C@@H]2C[C@@H]31. The number of hydrogen-bond donors (Lipinski definition) is 1. The van der Waals surface area contributed by atoms with Gasteiger partial charge in [0.05, 0.1) is 19.3 Å². The van der Waals surface area contributed by atoms with Gasteiger partial charge in [-0.05, 0) is 48.2 Å². The number of methoxy groups -OCH3 is 1. The van der Waals surface area contributed by atoms with Crippen molar-refractivity contribution in [1.82, 2.24) is 0 Å². The summed E-state index contributed by atoms with van der Waals surface area (Å²) >= 11 is 3.86. The lowest BCUT2D eigenvalue weighted by Gasteiger charge is -2.50. The van der Waals surface area contributed by atoms with Gasteiger partial charge in [-0.15, -0.1) is 0 Å². The highest BCUT2D eigenvalue weighted by molar-refractivity contribution is 9.09. The van der Waals surface area contributed by atoms with E-state index in [0.29, 0.717) is 17.8 Å². The van der Waals surface area contributed by atoms with E-state index in [1.807, 2.05) is 0 Å². The van der Waals surface area contributed by atoms with Crippen molar-refractivity contribution in [2.45, 2.75) is 80.5 Å². The summed E-state index contributed by atoms with van der Waals surface area (Å²) in [5, 5.41) is 11.5. The van der Waals surface area contributed by atoms with Crippen LogP contribution in [0.15, 0.2) is 0 Å². The second-order valence-electron chi connectivity index (χ2n) is 10.2. The van der Waals surface area contributed by atoms with E-state index < -0.39 is 26.0 Å². The van der Waals surface area contributed by atoms with Gasteiger partial charge in [0.25, 0.3) is 0 Å². The number of fused-ring (bicyclic) bond motifs is 2. The minimum absolute atomic E-state index is 0.0767. The Morgan fingerprint density at radius 2 is 1.92 bits per heavy atom. The minimum Gasteiger partial charge on any atom is -0.467 e. The number of hydrogen-bond acceptors (Lipinski definition) is 5. The van der Waals surface area contributed by atoms with Gasteiger partial charge in [-0.2, -0.15) is 0 Å². The van der Waals surface area contributed by atoms with Gasteiger partial charge in [0.1, 0.15) is 6.10 Å². The maximum absolute atomic E-state index is 12.6. The molecule has 1 aliphatic heterocycles. The molecule has 0 amide bonds. The first kappa shape index (κ1) is 19.4. The highest BCUT2D eigenvalue weighted by atomic mass is 79.9. The number of carbonyl (C=O) groups excluding carboxylic acids is 1. The summed E-state index contributed by atoms with van der Waals surface area (Å²) in [6.45, 7) is 11.1. The molecule has 0 spiro atoms. The van der Waals surface area contributed by atoms with Crippen molar-refractivity contribution in [2.75, 3.05) is 7.11 Å². The van der Waals surface area contributed by atoms with E-state index in [1.54, 1.807) is 0 Å². The number of esters is 1. The normalized spacial score (nSPS) is 49.5. The molecule has 9 atom stereocenters. The Hall–Kier alpha value is 0.0469. The predicted molar refractivity (Wildman–Crippen MR) is 104 cm³/mol. The summed E-state index contributed by atoms with van der Waals surface area (Å²) < 4.78 is 18.1. The van der Waals surface area contributed by atoms with Crippen molar-refractivity contribution >= 4 is 30.2 Å². The summed E-state index contributed by atoms with van der Waals surface area (Å²) in [6, 6.07) is 0. The Labute approximate surface area is 165 Å². The smallest absolute Gasteiger partial charge is 0.340 e. The Kier molecular flexibility index (Phi) is 4.31. The fourth-order valence-corrected chi connectivity index (χ4v) is 8.24. The molecular formula is C19H31BrO5Si. The van der Waals surface area contributed by atoms with E-state index in [0.717, 1.165) is 6.42 Å². The lowest BCUT2D eigenvalue weighted by Crippen LogP contribution is -2.63. The van der Waals surface area contributed by atoms with Gasteiger partial charge in [0.15, 0.2) is 13.9 Å². The van der Waals surface area contributed by atoms with Crippen molar-refractivity contribution in [3.63, 3.8) is 0 Å². The second-order valence-corrected chi connectivity index (χ2v) is 16.0. The van der Waals surface area contributed by atoms with Crippen LogP contribution in [0.2, 0.25) is 18.1 Å². The molecule has 1 heterocycles. The third kappa shape index (κ3) is 2.39. The summed E-state index contributed by atoms with van der Waals surface area (Å²) in [5.74, 6) is 0.845. The third-order valence-corrected chi connectivity index (χ3v) is 13.7. The molecular weight excluding hydrogens is 416 g/mol. The number of aliphatic hydroxyl groups is 1. The van der Waals surface area contributed by atoms with Crippen LogP contribution in [-0.4, -0.2) is 55.2 Å². The molecule has 0 aromatic heterocycles. The first-order chi connectivity index (χ1) is 11.9. The molecule has 4 fully saturated rings. The average molecular weight is 447 g/mol. The number of alkyl halides is 1. The molecule has 0 radical (unpaired) electrons. The molecule has 26 heavy (non-hydrogen) atoms. The van der Waals surface area contributed by atoms with Gasteiger partial charge >= 0.3 is 5.97 Å². The topological polar surface area (TPSA) is 65.0 Å². The summed E-state index contributed by atoms with van der Waals surface area (Å²) in [6.07, 6.45) is 0.865. The van der Waals surface area contributed by atoms with Crippen LogP contribution in [0.4, 0.5) is 0 Å². The zero-order valence-electron chi connectivity index (χ0n) is 16.5. The molecule has 7 heteroatoms. The van der Waals surface area contributed by atoms with E-state index >= 15 is 0 Å². The van der Waals surface area contributed by atoms with Gasteiger partial charge in [0.2, 0.25) is 0 Å². The monoisotopic (exact) mass is 446 g/mol. The summed E-state index contributed by atoms with van der Waals surface area (Å²) in [5.41, 5.74) is -1.61. The highest BCUT2D eigenvalue weighted by Crippen LogP contribution is 2.67. The van der Waals surface area contributed by atoms with Crippen molar-refractivity contribution in [2.24, 2.45) is 23.7 Å². The van der Waals surface area contributed by atoms with Crippen LogP contribution in [-0.2, 0) is 18.7 Å². The van der Waals surface area contributed by atoms with Crippen LogP contribution < -0.4 is 0 Å². The molecule has 2 bridgehead atoms. The molecule has 4 rings (SSSR count). The van der Waals surface area contributed by atoms with Crippen molar-refractivity contribution in [1.29, 1.82) is 0 Å². The Bertz CT molecular complexity index is 620. The fourth-order valence-electron chi connectivity index (χ4n) is 5.80. The van der Waals surface area contributed by atoms with Crippen LogP contribution in [0.5, 0.6) is 0 Å². The Morgan fingerprint density at radius 3 is 2.50 bits per heavy atom. The van der Waals surface area contributed by atoms with Crippen molar-refractivity contribution in [3.8, 4) is 0 Å². The average Bonchev–Trinajstić information content (AvgIpc) is 3.14. The van der Waals surface area contributed by atoms with Gasteiger partial charge < -0.3 is 19.0 Å². The van der Waals surface area contributed by atoms with Crippen LogP contribution >= 0.6 is 15.9 Å². The second kappa shape index (κ2) is 5.78. The molecule has 2 unspecified atom stereocenters. The zero-order valence-corrected chi connectivity index (χ0v) is 19.1. The largest absolute Gasteiger partial charge is 0.467 e. The van der Waals surface area contributed by atoms with Gasteiger partial charge in [-0.1, -0.05) is 36.7 Å². The number of halogens is 1. The number of rotatable bonds is 3. The summed E-state index contributed by atoms with van der Waals surface area (Å²) in [7, 11) is -0.699. The predicted octanol–water partition coefficient (Wildman–Crippen LogP) is 3.10. The van der Waals surface area contributed by atoms with Gasteiger partial charge in [-0.25, -0.2) is 4.79 Å². The van der Waals surface area contributed by atoms with E-state index in [-0.39, 0.29) is 34.4 Å². The van der Waals surface area contributed by atoms with Crippen LogP contribution in [0.25, 0.3) is 0 Å². The summed E-state index contributed by atoms with van der Waals surface area (Å²) in [4.78, 5) is 12.8. The van der Waals surface area contributed by atoms with E-state index in [2.05, 4.69) is 49.8 Å². The van der Waals surface area contributed by atoms with Gasteiger partial charge in [0, 0.05) is 11.2 Å². The molecule has 0 aromatic carbocycles. The molecule has 5 nitrogen and oxygen atoms in total. The first-order valence-electron chi connectivity index (χ1n) is 9.70. The van der Waals surface area contributed by atoms with Crippen LogP contribution in [0.3, 0.4) is 0 Å². The first-order valence-corrected chi connectivity index (χ1v) is 13.5. The standard InChI is InChI=1S/C19H31BrO5Si/c1-18(2,3)26(5,6)25-11-8-19(22,17(21)23-4)16-13-10-7-9(12(11)13)14(20)15(10)24-16/h9-16,22H,7-8H2,1-6H3/t9-,10+,11+,12?,13?,14-,15+,16-,19+/m1/s1. The van der Waals surface area contributed by atoms with Crippen LogP contribution in [0.1, 0.15) is 33.6 Å². The van der Waals surface area contributed by atoms with Crippen molar-refractivity contribution in [3.05, 3.63) is 0 Å². The lowest BCUT2D eigenvalue weighted by molar-refractivity contribution is -0.199.